The van der Waals surface area contributed by atoms with E-state index in [1.54, 1.807) is 0 Å². The molecule has 206 valence electrons. The highest BCUT2D eigenvalue weighted by Gasteiger charge is 2.36. The summed E-state index contributed by atoms with van der Waals surface area (Å²) in [5.41, 5.74) is 9.42. The summed E-state index contributed by atoms with van der Waals surface area (Å²) in [6, 6.07) is 30.4. The third kappa shape index (κ3) is 4.07. The lowest BCUT2D eigenvalue weighted by Crippen LogP contribution is -2.05. The molecule has 0 saturated heterocycles. The van der Waals surface area contributed by atoms with Gasteiger partial charge in [-0.05, 0) is 103 Å². The van der Waals surface area contributed by atoms with Crippen molar-refractivity contribution in [2.45, 2.75) is 25.9 Å². The number of benzene rings is 5. The van der Waals surface area contributed by atoms with Gasteiger partial charge in [-0.25, -0.2) is 0 Å². The van der Waals surface area contributed by atoms with E-state index >= 15 is 0 Å². The summed E-state index contributed by atoms with van der Waals surface area (Å²) >= 11 is 0. The summed E-state index contributed by atoms with van der Waals surface area (Å²) in [6.07, 6.45) is -1.89. The van der Waals surface area contributed by atoms with Crippen LogP contribution >= 0.6 is 0 Å². The third-order valence-corrected chi connectivity index (χ3v) is 8.49. The first-order valence-corrected chi connectivity index (χ1v) is 13.9. The van der Waals surface area contributed by atoms with E-state index in [2.05, 4.69) is 47.5 Å². The minimum Gasteiger partial charge on any atom is -0.198 e. The fourth-order valence-corrected chi connectivity index (χ4v) is 6.56. The van der Waals surface area contributed by atoms with Crippen molar-refractivity contribution in [1.82, 2.24) is 0 Å². The Hall–Kier alpha value is -5.46. The van der Waals surface area contributed by atoms with Crippen molar-refractivity contribution in [3.8, 4) is 45.6 Å². The van der Waals surface area contributed by atoms with Crippen LogP contribution in [0.15, 0.2) is 102 Å². The highest BCUT2D eigenvalue weighted by molar-refractivity contribution is 6.26. The van der Waals surface area contributed by atoms with Crippen molar-refractivity contribution in [2.75, 3.05) is 0 Å². The van der Waals surface area contributed by atoms with Gasteiger partial charge < -0.3 is 0 Å². The van der Waals surface area contributed by atoms with Gasteiger partial charge in [-0.3, -0.25) is 0 Å². The van der Waals surface area contributed by atoms with Crippen LogP contribution in [0.2, 0.25) is 0 Å². The van der Waals surface area contributed by atoms with Crippen molar-refractivity contribution in [1.29, 1.82) is 10.5 Å². The summed E-state index contributed by atoms with van der Waals surface area (Å²) in [4.78, 5) is 4.25. The number of nitrogens with zero attached hydrogens (tertiary/aromatic N) is 3. The van der Waals surface area contributed by atoms with Gasteiger partial charge in [0.05, 0.1) is 23.8 Å². The second-order valence-electron chi connectivity index (χ2n) is 10.7. The van der Waals surface area contributed by atoms with Crippen LogP contribution in [0, 0.1) is 22.8 Å². The fourth-order valence-electron chi connectivity index (χ4n) is 6.56. The lowest BCUT2D eigenvalue weighted by atomic mass is 9.91. The molecule has 43 heavy (non-hydrogen) atoms. The molecule has 2 aliphatic carbocycles. The van der Waals surface area contributed by atoms with Gasteiger partial charge in [-0.1, -0.05) is 67.6 Å². The molecule has 7 rings (SSSR count). The van der Waals surface area contributed by atoms with Gasteiger partial charge in [0.2, 0.25) is 6.19 Å². The van der Waals surface area contributed by atoms with E-state index in [1.807, 2.05) is 49.5 Å². The first-order valence-electron chi connectivity index (χ1n) is 13.9. The molecular formula is C37H22F3N3. The molecule has 0 N–H and O–H groups in total. The maximum atomic E-state index is 13.8. The lowest BCUT2D eigenvalue weighted by molar-refractivity contribution is -0.137. The lowest BCUT2D eigenvalue weighted by Gasteiger charge is -2.13. The summed E-state index contributed by atoms with van der Waals surface area (Å²) < 4.78 is 41.3. The maximum absolute atomic E-state index is 13.8. The van der Waals surface area contributed by atoms with Gasteiger partial charge in [0, 0.05) is 11.1 Å². The van der Waals surface area contributed by atoms with E-state index in [0.717, 1.165) is 66.9 Å². The minimum absolute atomic E-state index is 0.115. The van der Waals surface area contributed by atoms with E-state index in [0.29, 0.717) is 28.8 Å². The molecule has 5 aromatic rings. The predicted molar refractivity (Wildman–Crippen MR) is 163 cm³/mol. The Kier molecular flexibility index (Phi) is 6.04. The summed E-state index contributed by atoms with van der Waals surface area (Å²) in [5, 5.41) is 21.5. The SMILES string of the molecule is CC/C(CC#N)=C1/c2cc(C(F)(F)F)ccc2-c2cc3c(cc21)-c1ccc(-c2cccc4ccccc24)cc1C3=NC#N. The maximum Gasteiger partial charge on any atom is 0.416 e. The number of aliphatic imine (C=N–C) groups is 1. The molecule has 3 nitrogen and oxygen atoms in total. The minimum atomic E-state index is -4.49. The second-order valence-corrected chi connectivity index (χ2v) is 10.7. The summed E-state index contributed by atoms with van der Waals surface area (Å²) in [6.45, 7) is 1.92. The van der Waals surface area contributed by atoms with Crippen LogP contribution in [0.25, 0.3) is 49.7 Å². The molecule has 0 bridgehead atoms. The number of hydrogen-bond donors (Lipinski definition) is 0. The number of rotatable bonds is 3. The number of hydrogen-bond acceptors (Lipinski definition) is 3. The van der Waals surface area contributed by atoms with Crippen LogP contribution < -0.4 is 0 Å². The molecule has 0 aliphatic heterocycles. The zero-order valence-electron chi connectivity index (χ0n) is 23.1. The number of fused-ring (bicyclic) bond motifs is 7. The average Bonchev–Trinajstić information content (AvgIpc) is 3.49. The predicted octanol–water partition coefficient (Wildman–Crippen LogP) is 9.93. The van der Waals surface area contributed by atoms with Gasteiger partial charge in [0.25, 0.3) is 0 Å². The van der Waals surface area contributed by atoms with Crippen molar-refractivity contribution in [3.05, 3.63) is 124 Å². The van der Waals surface area contributed by atoms with Gasteiger partial charge in [-0.15, -0.1) is 0 Å². The largest absolute Gasteiger partial charge is 0.416 e. The number of allylic oxidation sites excluding steroid dienone is 1. The van der Waals surface area contributed by atoms with Gasteiger partial charge in [0.1, 0.15) is 0 Å². The van der Waals surface area contributed by atoms with E-state index in [1.165, 1.54) is 12.1 Å². The van der Waals surface area contributed by atoms with Crippen molar-refractivity contribution < 1.29 is 13.2 Å². The number of alkyl halides is 3. The normalized spacial score (nSPS) is 15.0. The average molecular weight is 566 g/mol. The Labute approximate surface area is 246 Å². The Morgan fingerprint density at radius 2 is 1.37 bits per heavy atom. The smallest absolute Gasteiger partial charge is 0.198 e. The molecule has 6 heteroatoms. The Morgan fingerprint density at radius 1 is 0.698 bits per heavy atom. The monoisotopic (exact) mass is 565 g/mol. The van der Waals surface area contributed by atoms with Crippen LogP contribution in [-0.2, 0) is 6.18 Å². The second kappa shape index (κ2) is 9.82. The third-order valence-electron chi connectivity index (χ3n) is 8.49. The molecule has 0 radical (unpaired) electrons. The van der Waals surface area contributed by atoms with Crippen LogP contribution in [0.3, 0.4) is 0 Å². The molecule has 5 aromatic carbocycles. The van der Waals surface area contributed by atoms with E-state index in [4.69, 9.17) is 0 Å². The Bertz CT molecular complexity index is 2150. The van der Waals surface area contributed by atoms with Gasteiger partial charge >= 0.3 is 6.18 Å². The Morgan fingerprint density at radius 3 is 2.14 bits per heavy atom. The van der Waals surface area contributed by atoms with E-state index in [-0.39, 0.29) is 6.42 Å². The van der Waals surface area contributed by atoms with Crippen LogP contribution in [0.1, 0.15) is 47.6 Å². The molecule has 0 aromatic heterocycles. The number of halogens is 3. The van der Waals surface area contributed by atoms with Crippen LogP contribution in [0.4, 0.5) is 13.2 Å². The molecule has 0 amide bonds. The van der Waals surface area contributed by atoms with Crippen molar-refractivity contribution in [2.24, 2.45) is 4.99 Å². The molecular weight excluding hydrogens is 543 g/mol. The molecule has 0 atom stereocenters. The summed E-state index contributed by atoms with van der Waals surface area (Å²) in [7, 11) is 0. The summed E-state index contributed by atoms with van der Waals surface area (Å²) in [5.74, 6) is 0. The zero-order valence-corrected chi connectivity index (χ0v) is 23.1. The quantitative estimate of drug-likeness (QED) is 0.200. The topological polar surface area (TPSA) is 59.9 Å². The highest BCUT2D eigenvalue weighted by Crippen LogP contribution is 2.52. The first kappa shape index (κ1) is 26.4. The van der Waals surface area contributed by atoms with Crippen LogP contribution in [0.5, 0.6) is 0 Å². The molecule has 0 spiro atoms. The first-order chi connectivity index (χ1) is 20.8. The van der Waals surface area contributed by atoms with Crippen molar-refractivity contribution in [3.63, 3.8) is 0 Å². The van der Waals surface area contributed by atoms with E-state index < -0.39 is 11.7 Å². The van der Waals surface area contributed by atoms with Gasteiger partial charge in [-0.2, -0.15) is 28.7 Å². The zero-order chi connectivity index (χ0) is 29.9. The van der Waals surface area contributed by atoms with Crippen LogP contribution in [-0.4, -0.2) is 5.71 Å². The van der Waals surface area contributed by atoms with Gasteiger partial charge in [0.15, 0.2) is 0 Å². The van der Waals surface area contributed by atoms with Crippen molar-refractivity contribution >= 4 is 22.1 Å². The fraction of sp³-hybridized carbons (Fsp3) is 0.108. The highest BCUT2D eigenvalue weighted by atomic mass is 19.4. The number of nitriles is 2. The standard InChI is InChI=1S/C37H22F3N3/c1-2-21(14-15-41)35-31-17-24(37(38,39)40)11-13-27(31)29-19-34-30(18-32(29)35)28-12-10-23(16-33(28)36(34)43-20-42)26-9-5-7-22-6-3-4-8-25(22)26/h3-13,16-19H,2,14H2,1H3/b35-21+,43-36?. The molecule has 2 aliphatic rings. The molecule has 0 fully saturated rings. The molecule has 0 heterocycles. The van der Waals surface area contributed by atoms with E-state index in [9.17, 15) is 23.7 Å². The molecule has 0 saturated carbocycles. The Balaban J connectivity index is 1.46. The molecule has 0 unspecified atom stereocenters.